The van der Waals surface area contributed by atoms with Gasteiger partial charge in [-0.25, -0.2) is 0 Å². The molecule has 168 valence electrons. The minimum absolute atomic E-state index is 0.237. The first-order chi connectivity index (χ1) is 15.5. The second-order valence-corrected chi connectivity index (χ2v) is 16.4. The first-order valence-electron chi connectivity index (χ1n) is 11.9. The first-order valence-corrected chi connectivity index (χ1v) is 14.9. The summed E-state index contributed by atoms with van der Waals surface area (Å²) < 4.78 is 8.86. The number of para-hydroxylation sites is 1. The van der Waals surface area contributed by atoms with E-state index in [4.69, 9.17) is 4.42 Å². The van der Waals surface area contributed by atoms with E-state index in [1.54, 1.807) is 0 Å². The molecule has 2 aromatic heterocycles. The molecular formula is C30H34NOSi+. The summed E-state index contributed by atoms with van der Waals surface area (Å²) in [4.78, 5) is 0. The van der Waals surface area contributed by atoms with Gasteiger partial charge in [0.15, 0.2) is 0 Å². The molecule has 3 heteroatoms. The summed E-state index contributed by atoms with van der Waals surface area (Å²) in [6.45, 7) is 16.6. The molecule has 0 aliphatic carbocycles. The van der Waals surface area contributed by atoms with Gasteiger partial charge >= 0.3 is 0 Å². The molecule has 3 aromatic carbocycles. The Morgan fingerprint density at radius 3 is 2.27 bits per heavy atom. The number of hydrogen-bond donors (Lipinski definition) is 0. The van der Waals surface area contributed by atoms with E-state index in [9.17, 15) is 0 Å². The van der Waals surface area contributed by atoms with E-state index in [0.29, 0.717) is 0 Å². The molecule has 0 spiro atoms. The van der Waals surface area contributed by atoms with Crippen LogP contribution in [0.2, 0.25) is 18.1 Å². The third-order valence-corrected chi connectivity index (χ3v) is 13.5. The molecule has 0 aliphatic heterocycles. The minimum Gasteiger partial charge on any atom is -0.455 e. The molecule has 2 nitrogen and oxygen atoms in total. The van der Waals surface area contributed by atoms with Crippen LogP contribution in [0.25, 0.3) is 44.1 Å². The monoisotopic (exact) mass is 452 g/mol. The third-order valence-electron chi connectivity index (χ3n) is 8.01. The maximum Gasteiger partial charge on any atom is 0.216 e. The number of nitrogens with zero attached hydrogens (tertiary/aromatic N) is 1. The van der Waals surface area contributed by atoms with Crippen LogP contribution in [0.4, 0.5) is 0 Å². The number of benzene rings is 3. The Kier molecular flexibility index (Phi) is 4.84. The van der Waals surface area contributed by atoms with Gasteiger partial charge in [0.25, 0.3) is 0 Å². The average molecular weight is 453 g/mol. The van der Waals surface area contributed by atoms with Gasteiger partial charge in [-0.1, -0.05) is 75.8 Å². The van der Waals surface area contributed by atoms with Gasteiger partial charge in [-0.15, -0.1) is 0 Å². The number of aromatic nitrogens is 1. The van der Waals surface area contributed by atoms with Crippen molar-refractivity contribution in [2.24, 2.45) is 7.05 Å². The van der Waals surface area contributed by atoms with Crippen molar-refractivity contribution in [1.29, 1.82) is 0 Å². The molecule has 0 N–H and O–H groups in total. The SMILES string of the molecule is Cc1ccc2c(c1)c([Si](C)(C)C(C)(C)C)cc(-c1c(C)ccc3c1oc1ccccc13)[n+]2C. The van der Waals surface area contributed by atoms with Crippen LogP contribution in [0.15, 0.2) is 65.1 Å². The van der Waals surface area contributed by atoms with Crippen molar-refractivity contribution in [3.05, 3.63) is 71.8 Å². The summed E-state index contributed by atoms with van der Waals surface area (Å²) in [7, 11) is 0.382. The van der Waals surface area contributed by atoms with Crippen molar-refractivity contribution in [3.63, 3.8) is 0 Å². The lowest BCUT2D eigenvalue weighted by atomic mass is 9.99. The molecule has 0 fully saturated rings. The topological polar surface area (TPSA) is 17.0 Å². The molecule has 0 atom stereocenters. The maximum absolute atomic E-state index is 6.50. The zero-order chi connectivity index (χ0) is 23.7. The quantitative estimate of drug-likeness (QED) is 0.199. The molecule has 0 unspecified atom stereocenters. The summed E-state index contributed by atoms with van der Waals surface area (Å²) >= 11 is 0. The van der Waals surface area contributed by atoms with Crippen LogP contribution in [-0.4, -0.2) is 8.07 Å². The predicted molar refractivity (Wildman–Crippen MR) is 144 cm³/mol. The van der Waals surface area contributed by atoms with Crippen LogP contribution < -0.4 is 9.75 Å². The second kappa shape index (κ2) is 7.29. The Morgan fingerprint density at radius 1 is 0.818 bits per heavy atom. The normalized spacial score (nSPS) is 12.8. The second-order valence-electron chi connectivity index (χ2n) is 11.1. The van der Waals surface area contributed by atoms with Gasteiger partial charge in [0.2, 0.25) is 11.2 Å². The lowest BCUT2D eigenvalue weighted by Gasteiger charge is -2.38. The molecule has 2 heterocycles. The molecular weight excluding hydrogens is 418 g/mol. The van der Waals surface area contributed by atoms with E-state index in [-0.39, 0.29) is 5.04 Å². The summed E-state index contributed by atoms with van der Waals surface area (Å²) in [6, 6.07) is 22.2. The Morgan fingerprint density at radius 2 is 1.55 bits per heavy atom. The van der Waals surface area contributed by atoms with E-state index < -0.39 is 8.07 Å². The Balaban J connectivity index is 1.94. The van der Waals surface area contributed by atoms with Gasteiger partial charge in [0.1, 0.15) is 18.2 Å². The maximum atomic E-state index is 6.50. The molecule has 0 saturated heterocycles. The highest BCUT2D eigenvalue weighted by atomic mass is 28.3. The van der Waals surface area contributed by atoms with E-state index >= 15 is 0 Å². The summed E-state index contributed by atoms with van der Waals surface area (Å²) in [5.74, 6) is 0. The highest BCUT2D eigenvalue weighted by Crippen LogP contribution is 2.40. The van der Waals surface area contributed by atoms with Crippen molar-refractivity contribution in [2.75, 3.05) is 0 Å². The van der Waals surface area contributed by atoms with Crippen LogP contribution in [0.1, 0.15) is 31.9 Å². The van der Waals surface area contributed by atoms with E-state index in [1.807, 2.05) is 6.07 Å². The Labute approximate surface area is 197 Å². The lowest BCUT2D eigenvalue weighted by molar-refractivity contribution is -0.633. The first kappa shape index (κ1) is 21.9. The van der Waals surface area contributed by atoms with Crippen LogP contribution in [0, 0.1) is 13.8 Å². The van der Waals surface area contributed by atoms with E-state index in [1.165, 1.54) is 49.2 Å². The van der Waals surface area contributed by atoms with Gasteiger partial charge in [-0.05, 0) is 41.8 Å². The predicted octanol–water partition coefficient (Wildman–Crippen LogP) is 7.56. The van der Waals surface area contributed by atoms with Gasteiger partial charge in [0.05, 0.1) is 13.6 Å². The smallest absolute Gasteiger partial charge is 0.216 e. The van der Waals surface area contributed by atoms with Crippen molar-refractivity contribution < 1.29 is 8.98 Å². The minimum atomic E-state index is -1.82. The van der Waals surface area contributed by atoms with Crippen LogP contribution in [0.3, 0.4) is 0 Å². The highest BCUT2D eigenvalue weighted by Gasteiger charge is 2.40. The van der Waals surface area contributed by atoms with Gasteiger partial charge in [-0.3, -0.25) is 0 Å². The molecule has 5 aromatic rings. The Bertz CT molecular complexity index is 1550. The fraction of sp³-hybridized carbons (Fsp3) is 0.300. The number of pyridine rings is 1. The van der Waals surface area contributed by atoms with Crippen LogP contribution >= 0.6 is 0 Å². The standard InChI is InChI=1S/C30H34NOSi/c1-19-13-16-24-23(17-19)27(33(7,8)30(3,4)5)18-25(31(24)6)28-20(2)14-15-22-21-11-9-10-12-26(21)32-29(22)28/h9-18H,1-8H3/q+1. The van der Waals surface area contributed by atoms with Crippen molar-refractivity contribution in [3.8, 4) is 11.3 Å². The summed E-state index contributed by atoms with van der Waals surface area (Å²) in [5, 5.41) is 5.51. The molecule has 33 heavy (non-hydrogen) atoms. The van der Waals surface area contributed by atoms with Crippen LogP contribution in [0.5, 0.6) is 0 Å². The van der Waals surface area contributed by atoms with Gasteiger partial charge in [-0.2, -0.15) is 4.57 Å². The Hall–Kier alpha value is -2.91. The van der Waals surface area contributed by atoms with E-state index in [0.717, 1.165) is 11.2 Å². The van der Waals surface area contributed by atoms with Gasteiger partial charge < -0.3 is 4.42 Å². The number of fused-ring (bicyclic) bond motifs is 4. The zero-order valence-electron chi connectivity index (χ0n) is 21.1. The largest absolute Gasteiger partial charge is 0.455 e. The summed E-state index contributed by atoms with van der Waals surface area (Å²) in [6.07, 6.45) is 0. The molecule has 0 saturated carbocycles. The number of aryl methyl sites for hydroxylation is 3. The van der Waals surface area contributed by atoms with E-state index in [2.05, 4.69) is 114 Å². The summed E-state index contributed by atoms with van der Waals surface area (Å²) in [5.41, 5.74) is 8.20. The van der Waals surface area contributed by atoms with Crippen molar-refractivity contribution in [1.82, 2.24) is 0 Å². The zero-order valence-corrected chi connectivity index (χ0v) is 22.1. The number of hydrogen-bond acceptors (Lipinski definition) is 1. The van der Waals surface area contributed by atoms with Crippen molar-refractivity contribution >= 4 is 46.1 Å². The third kappa shape index (κ3) is 3.25. The number of furan rings is 1. The fourth-order valence-electron chi connectivity index (χ4n) is 4.97. The number of rotatable bonds is 2. The highest BCUT2D eigenvalue weighted by molar-refractivity contribution is 6.93. The average Bonchev–Trinajstić information content (AvgIpc) is 3.12. The molecule has 5 rings (SSSR count). The van der Waals surface area contributed by atoms with Crippen molar-refractivity contribution in [2.45, 2.75) is 52.8 Å². The molecule has 0 aliphatic rings. The molecule has 0 bridgehead atoms. The van der Waals surface area contributed by atoms with Crippen LogP contribution in [-0.2, 0) is 7.05 Å². The lowest BCUT2D eigenvalue weighted by Crippen LogP contribution is -2.51. The van der Waals surface area contributed by atoms with Gasteiger partial charge in [0, 0.05) is 28.3 Å². The fourth-order valence-corrected chi connectivity index (χ4v) is 7.14. The molecule has 0 radical (unpaired) electrons. The molecule has 0 amide bonds.